The second kappa shape index (κ2) is 12.7. The number of thioether (sulfide) groups is 1. The fraction of sp³-hybridized carbons (Fsp3) is 0.391. The Labute approximate surface area is 207 Å². The monoisotopic (exact) mass is 544 g/mol. The molecule has 0 fully saturated rings. The van der Waals surface area contributed by atoms with Crippen LogP contribution < -0.4 is 5.32 Å². The predicted molar refractivity (Wildman–Crippen MR) is 135 cm³/mol. The number of carbonyl (C=O) groups excluding carboxylic acids is 2. The van der Waals surface area contributed by atoms with E-state index in [2.05, 4.69) is 21.2 Å². The highest BCUT2D eigenvalue weighted by Gasteiger charge is 2.26. The Hall–Kier alpha value is -1.21. The number of benzene rings is 2. The SMILES string of the molecule is CC(C)CNC(=O)C(C)N(Cc1ccc(Cl)cc1Cl)C(=O)CSCc1ccc(Br)cc1. The number of hydrogen-bond acceptors (Lipinski definition) is 3. The lowest BCUT2D eigenvalue weighted by Crippen LogP contribution is -2.48. The zero-order chi connectivity index (χ0) is 23.0. The maximum atomic E-state index is 13.1. The number of halogens is 3. The van der Waals surface area contributed by atoms with Crippen molar-refractivity contribution in [3.8, 4) is 0 Å². The fourth-order valence-corrected chi connectivity index (χ4v) is 4.39. The molecule has 0 aliphatic rings. The Bertz CT molecular complexity index is 894. The number of hydrogen-bond donors (Lipinski definition) is 1. The Morgan fingerprint density at radius 3 is 2.39 bits per heavy atom. The van der Waals surface area contributed by atoms with Crippen LogP contribution in [0.2, 0.25) is 10.0 Å². The van der Waals surface area contributed by atoms with Crippen molar-refractivity contribution in [2.45, 2.75) is 39.1 Å². The molecule has 4 nitrogen and oxygen atoms in total. The molecule has 0 bridgehead atoms. The standard InChI is InChI=1S/C23H27BrCl2N2O2S/c1-15(2)11-27-23(30)16(3)28(12-18-6-9-20(25)10-21(18)26)22(29)14-31-13-17-4-7-19(24)8-5-17/h4-10,15-16H,11-14H2,1-3H3,(H,27,30). The van der Waals surface area contributed by atoms with Gasteiger partial charge in [0.15, 0.2) is 0 Å². The van der Waals surface area contributed by atoms with Crippen LogP contribution >= 0.6 is 50.9 Å². The van der Waals surface area contributed by atoms with Gasteiger partial charge in [0.25, 0.3) is 0 Å². The number of carbonyl (C=O) groups is 2. The van der Waals surface area contributed by atoms with Crippen molar-refractivity contribution in [3.05, 3.63) is 68.1 Å². The molecule has 0 aliphatic heterocycles. The maximum absolute atomic E-state index is 13.1. The Kier molecular flexibility index (Phi) is 10.7. The minimum Gasteiger partial charge on any atom is -0.354 e. The Balaban J connectivity index is 2.09. The van der Waals surface area contributed by atoms with Crippen LogP contribution in [-0.2, 0) is 21.9 Å². The van der Waals surface area contributed by atoms with E-state index >= 15 is 0 Å². The summed E-state index contributed by atoms with van der Waals surface area (Å²) in [7, 11) is 0. The van der Waals surface area contributed by atoms with E-state index in [1.807, 2.05) is 38.1 Å². The van der Waals surface area contributed by atoms with E-state index in [4.69, 9.17) is 23.2 Å². The number of rotatable bonds is 10. The van der Waals surface area contributed by atoms with Crippen molar-refractivity contribution in [1.82, 2.24) is 10.2 Å². The number of nitrogens with one attached hydrogen (secondary N) is 1. The summed E-state index contributed by atoms with van der Waals surface area (Å²) in [5.74, 6) is 1.02. The van der Waals surface area contributed by atoms with E-state index < -0.39 is 6.04 Å². The van der Waals surface area contributed by atoms with Gasteiger partial charge in [0.1, 0.15) is 6.04 Å². The largest absolute Gasteiger partial charge is 0.354 e. The Morgan fingerprint density at radius 2 is 1.77 bits per heavy atom. The topological polar surface area (TPSA) is 49.4 Å². The predicted octanol–water partition coefficient (Wildman–Crippen LogP) is 6.18. The molecule has 0 heterocycles. The third kappa shape index (κ3) is 8.68. The summed E-state index contributed by atoms with van der Waals surface area (Å²) in [6.07, 6.45) is 0. The van der Waals surface area contributed by atoms with Crippen LogP contribution in [0.5, 0.6) is 0 Å². The van der Waals surface area contributed by atoms with E-state index in [0.29, 0.717) is 28.3 Å². The summed E-state index contributed by atoms with van der Waals surface area (Å²) < 4.78 is 1.02. The molecule has 2 rings (SSSR count). The fourth-order valence-electron chi connectivity index (χ4n) is 2.79. The normalized spacial score (nSPS) is 12.0. The van der Waals surface area contributed by atoms with Crippen molar-refractivity contribution < 1.29 is 9.59 Å². The zero-order valence-electron chi connectivity index (χ0n) is 17.8. The molecule has 2 aromatic rings. The zero-order valence-corrected chi connectivity index (χ0v) is 21.7. The van der Waals surface area contributed by atoms with E-state index in [9.17, 15) is 9.59 Å². The molecule has 2 amide bonds. The molecule has 0 aliphatic carbocycles. The van der Waals surface area contributed by atoms with Crippen molar-refractivity contribution in [3.63, 3.8) is 0 Å². The third-order valence-corrected chi connectivity index (χ3v) is 6.72. The van der Waals surface area contributed by atoms with Crippen molar-refractivity contribution in [2.75, 3.05) is 12.3 Å². The third-order valence-electron chi connectivity index (χ3n) is 4.62. The van der Waals surface area contributed by atoms with Gasteiger partial charge in [0.05, 0.1) is 5.75 Å². The molecule has 168 valence electrons. The molecule has 0 aromatic heterocycles. The summed E-state index contributed by atoms with van der Waals surface area (Å²) >= 11 is 17.3. The van der Waals surface area contributed by atoms with Crippen LogP contribution in [0, 0.1) is 5.92 Å². The first-order chi connectivity index (χ1) is 14.7. The van der Waals surface area contributed by atoms with Gasteiger partial charge >= 0.3 is 0 Å². The second-order valence-corrected chi connectivity index (χ2v) is 10.4. The van der Waals surface area contributed by atoms with E-state index in [1.165, 1.54) is 11.8 Å². The molecular formula is C23H27BrCl2N2O2S. The highest BCUT2D eigenvalue weighted by Crippen LogP contribution is 2.24. The summed E-state index contributed by atoms with van der Waals surface area (Å²) in [5.41, 5.74) is 1.89. The van der Waals surface area contributed by atoms with Crippen LogP contribution in [-0.4, -0.2) is 35.1 Å². The van der Waals surface area contributed by atoms with Gasteiger partial charge in [0.2, 0.25) is 11.8 Å². The average molecular weight is 546 g/mol. The van der Waals surface area contributed by atoms with E-state index in [0.717, 1.165) is 15.6 Å². The molecule has 1 unspecified atom stereocenters. The van der Waals surface area contributed by atoms with Gasteiger partial charge in [-0.15, -0.1) is 11.8 Å². The highest BCUT2D eigenvalue weighted by atomic mass is 79.9. The number of nitrogens with zero attached hydrogens (tertiary/aromatic N) is 1. The molecule has 1 atom stereocenters. The minimum absolute atomic E-state index is 0.111. The lowest BCUT2D eigenvalue weighted by molar-refractivity contribution is -0.138. The summed E-state index contributed by atoms with van der Waals surface area (Å²) in [5, 5.41) is 3.92. The van der Waals surface area contributed by atoms with Crippen LogP contribution in [0.4, 0.5) is 0 Å². The van der Waals surface area contributed by atoms with Crippen molar-refractivity contribution in [1.29, 1.82) is 0 Å². The highest BCUT2D eigenvalue weighted by molar-refractivity contribution is 9.10. The van der Waals surface area contributed by atoms with Crippen molar-refractivity contribution in [2.24, 2.45) is 5.92 Å². The summed E-state index contributed by atoms with van der Waals surface area (Å²) in [6, 6.07) is 12.6. The van der Waals surface area contributed by atoms with Crippen LogP contribution in [0.3, 0.4) is 0 Å². The Morgan fingerprint density at radius 1 is 1.10 bits per heavy atom. The van der Waals surface area contributed by atoms with Gasteiger partial charge in [-0.2, -0.15) is 0 Å². The molecular weight excluding hydrogens is 519 g/mol. The molecule has 0 radical (unpaired) electrons. The van der Waals surface area contributed by atoms with Gasteiger partial charge in [-0.1, -0.05) is 71.2 Å². The molecule has 31 heavy (non-hydrogen) atoms. The number of amides is 2. The van der Waals surface area contributed by atoms with Gasteiger partial charge in [-0.3, -0.25) is 9.59 Å². The lowest BCUT2D eigenvalue weighted by Gasteiger charge is -2.29. The van der Waals surface area contributed by atoms with Crippen molar-refractivity contribution >= 4 is 62.7 Å². The second-order valence-electron chi connectivity index (χ2n) is 7.69. The molecule has 0 saturated heterocycles. The molecule has 0 spiro atoms. The first kappa shape index (κ1) is 26.0. The quantitative estimate of drug-likeness (QED) is 0.388. The maximum Gasteiger partial charge on any atom is 0.242 e. The van der Waals surface area contributed by atoms with Gasteiger partial charge < -0.3 is 10.2 Å². The van der Waals surface area contributed by atoms with E-state index in [-0.39, 0.29) is 24.1 Å². The molecule has 2 aromatic carbocycles. The minimum atomic E-state index is -0.619. The first-order valence-electron chi connectivity index (χ1n) is 10.0. The van der Waals surface area contributed by atoms with Crippen LogP contribution in [0.25, 0.3) is 0 Å². The van der Waals surface area contributed by atoms with E-state index in [1.54, 1.807) is 30.0 Å². The van der Waals surface area contributed by atoms with Gasteiger partial charge in [0, 0.05) is 33.4 Å². The average Bonchev–Trinajstić information content (AvgIpc) is 2.72. The molecule has 8 heteroatoms. The first-order valence-corrected chi connectivity index (χ1v) is 12.7. The van der Waals surface area contributed by atoms with Crippen LogP contribution in [0.15, 0.2) is 46.9 Å². The summed E-state index contributed by atoms with van der Waals surface area (Å²) in [6.45, 7) is 6.60. The molecule has 1 N–H and O–H groups in total. The van der Waals surface area contributed by atoms with Gasteiger partial charge in [-0.25, -0.2) is 0 Å². The molecule has 0 saturated carbocycles. The summed E-state index contributed by atoms with van der Waals surface area (Å²) in [4.78, 5) is 27.4. The smallest absolute Gasteiger partial charge is 0.242 e. The van der Waals surface area contributed by atoms with Crippen LogP contribution in [0.1, 0.15) is 31.9 Å². The lowest BCUT2D eigenvalue weighted by atomic mass is 10.1. The van der Waals surface area contributed by atoms with Gasteiger partial charge in [-0.05, 0) is 48.2 Å².